The Kier molecular flexibility index (Phi) is 4.68. The SMILES string of the molecule is CC(C)(C)C(CS)Cn1cc(Br)ccc1=O. The average Bonchev–Trinajstić information content (AvgIpc) is 2.17. The summed E-state index contributed by atoms with van der Waals surface area (Å²) < 4.78 is 2.68. The zero-order valence-corrected chi connectivity index (χ0v) is 12.4. The molecule has 1 aromatic rings. The van der Waals surface area contributed by atoms with Crippen LogP contribution in [0, 0.1) is 11.3 Å². The van der Waals surface area contributed by atoms with Crippen LogP contribution in [0.25, 0.3) is 0 Å². The largest absolute Gasteiger partial charge is 0.314 e. The molecule has 2 nitrogen and oxygen atoms in total. The highest BCUT2D eigenvalue weighted by Crippen LogP contribution is 2.28. The molecule has 0 saturated heterocycles. The Morgan fingerprint density at radius 1 is 1.44 bits per heavy atom. The topological polar surface area (TPSA) is 22.0 Å². The quantitative estimate of drug-likeness (QED) is 0.851. The van der Waals surface area contributed by atoms with Gasteiger partial charge in [-0.15, -0.1) is 0 Å². The molecule has 0 N–H and O–H groups in total. The van der Waals surface area contributed by atoms with Crippen LogP contribution >= 0.6 is 28.6 Å². The van der Waals surface area contributed by atoms with Gasteiger partial charge in [0.15, 0.2) is 0 Å². The first kappa shape index (κ1) is 13.8. The van der Waals surface area contributed by atoms with Crippen molar-refractivity contribution in [2.45, 2.75) is 27.3 Å². The summed E-state index contributed by atoms with van der Waals surface area (Å²) in [6.07, 6.45) is 1.84. The first-order chi connectivity index (χ1) is 7.34. The monoisotopic (exact) mass is 303 g/mol. The van der Waals surface area contributed by atoms with Gasteiger partial charge in [0.25, 0.3) is 5.56 Å². The summed E-state index contributed by atoms with van der Waals surface area (Å²) in [4.78, 5) is 11.7. The third-order valence-electron chi connectivity index (χ3n) is 2.81. The number of nitrogens with zero attached hydrogens (tertiary/aromatic N) is 1. The van der Waals surface area contributed by atoms with Crippen LogP contribution in [0.1, 0.15) is 20.8 Å². The van der Waals surface area contributed by atoms with Gasteiger partial charge >= 0.3 is 0 Å². The molecule has 0 bridgehead atoms. The number of aromatic nitrogens is 1. The Hall–Kier alpha value is -0.220. The van der Waals surface area contributed by atoms with Crippen molar-refractivity contribution in [3.63, 3.8) is 0 Å². The third-order valence-corrected chi connectivity index (χ3v) is 3.72. The van der Waals surface area contributed by atoms with Crippen molar-refractivity contribution < 1.29 is 0 Å². The molecule has 0 spiro atoms. The summed E-state index contributed by atoms with van der Waals surface area (Å²) in [7, 11) is 0. The van der Waals surface area contributed by atoms with E-state index in [0.717, 1.165) is 10.2 Å². The second kappa shape index (κ2) is 5.41. The van der Waals surface area contributed by atoms with Gasteiger partial charge in [-0.1, -0.05) is 20.8 Å². The van der Waals surface area contributed by atoms with Crippen LogP contribution in [0.4, 0.5) is 0 Å². The molecule has 0 fully saturated rings. The molecule has 90 valence electrons. The van der Waals surface area contributed by atoms with Gasteiger partial charge in [0.2, 0.25) is 0 Å². The van der Waals surface area contributed by atoms with Gasteiger partial charge in [0, 0.05) is 23.3 Å². The van der Waals surface area contributed by atoms with Gasteiger partial charge in [-0.3, -0.25) is 4.79 Å². The molecule has 0 saturated carbocycles. The van der Waals surface area contributed by atoms with Crippen molar-refractivity contribution >= 4 is 28.6 Å². The van der Waals surface area contributed by atoms with Crippen LogP contribution in [0.2, 0.25) is 0 Å². The molecule has 0 aliphatic carbocycles. The van der Waals surface area contributed by atoms with Crippen LogP contribution in [0.5, 0.6) is 0 Å². The Morgan fingerprint density at radius 3 is 2.56 bits per heavy atom. The minimum absolute atomic E-state index is 0.0410. The predicted octanol–water partition coefficient (Wildman–Crippen LogP) is 3.20. The standard InChI is InChI=1S/C12H18BrNOS/c1-12(2,3)9(8-16)6-14-7-10(13)4-5-11(14)15/h4-5,7,9,16H,6,8H2,1-3H3. The van der Waals surface area contributed by atoms with Crippen LogP contribution in [-0.4, -0.2) is 10.3 Å². The Labute approximate surface area is 111 Å². The van der Waals surface area contributed by atoms with Crippen LogP contribution in [0.3, 0.4) is 0 Å². The predicted molar refractivity (Wildman–Crippen MR) is 75.2 cm³/mol. The van der Waals surface area contributed by atoms with E-state index in [1.54, 1.807) is 16.7 Å². The molecule has 1 heterocycles. The molecular formula is C12H18BrNOS. The van der Waals surface area contributed by atoms with Gasteiger partial charge in [-0.05, 0) is 39.1 Å². The van der Waals surface area contributed by atoms with Gasteiger partial charge in [-0.25, -0.2) is 0 Å². The molecular weight excluding hydrogens is 286 g/mol. The zero-order chi connectivity index (χ0) is 12.3. The van der Waals surface area contributed by atoms with Crippen molar-refractivity contribution in [2.75, 3.05) is 5.75 Å². The Morgan fingerprint density at radius 2 is 2.06 bits per heavy atom. The first-order valence-corrected chi connectivity index (χ1v) is 6.74. The molecule has 1 unspecified atom stereocenters. The smallest absolute Gasteiger partial charge is 0.250 e. The minimum atomic E-state index is 0.0410. The van der Waals surface area contributed by atoms with Crippen LogP contribution in [0.15, 0.2) is 27.6 Å². The second-order valence-corrected chi connectivity index (χ2v) is 6.36. The van der Waals surface area contributed by atoms with E-state index in [-0.39, 0.29) is 11.0 Å². The Bertz CT molecular complexity index is 408. The maximum atomic E-state index is 11.7. The number of pyridine rings is 1. The number of halogens is 1. The van der Waals surface area contributed by atoms with Crippen molar-refractivity contribution in [3.8, 4) is 0 Å². The van der Waals surface area contributed by atoms with Crippen molar-refractivity contribution in [1.29, 1.82) is 0 Å². The highest BCUT2D eigenvalue weighted by molar-refractivity contribution is 9.10. The molecule has 0 radical (unpaired) electrons. The molecule has 16 heavy (non-hydrogen) atoms. The van der Waals surface area contributed by atoms with Crippen molar-refractivity contribution in [2.24, 2.45) is 11.3 Å². The van der Waals surface area contributed by atoms with E-state index in [1.165, 1.54) is 0 Å². The molecule has 1 aromatic heterocycles. The van der Waals surface area contributed by atoms with Crippen LogP contribution in [-0.2, 0) is 6.54 Å². The summed E-state index contributed by atoms with van der Waals surface area (Å²) in [5.74, 6) is 1.16. The molecule has 1 atom stereocenters. The lowest BCUT2D eigenvalue weighted by molar-refractivity contribution is 0.236. The van der Waals surface area contributed by atoms with E-state index >= 15 is 0 Å². The maximum absolute atomic E-state index is 11.7. The van der Waals surface area contributed by atoms with Gasteiger partial charge in [-0.2, -0.15) is 12.6 Å². The summed E-state index contributed by atoms with van der Waals surface area (Å²) in [5.41, 5.74) is 0.197. The molecule has 0 aromatic carbocycles. The lowest BCUT2D eigenvalue weighted by atomic mass is 9.82. The average molecular weight is 304 g/mol. The van der Waals surface area contributed by atoms with E-state index in [4.69, 9.17) is 0 Å². The van der Waals surface area contributed by atoms with Crippen molar-refractivity contribution in [1.82, 2.24) is 4.57 Å². The zero-order valence-electron chi connectivity index (χ0n) is 9.90. The van der Waals surface area contributed by atoms with Crippen LogP contribution < -0.4 is 5.56 Å². The van der Waals surface area contributed by atoms with Crippen molar-refractivity contribution in [3.05, 3.63) is 33.2 Å². The number of thiol groups is 1. The highest BCUT2D eigenvalue weighted by atomic mass is 79.9. The van der Waals surface area contributed by atoms with E-state index < -0.39 is 0 Å². The fraction of sp³-hybridized carbons (Fsp3) is 0.583. The summed E-state index contributed by atoms with van der Waals surface area (Å²) in [6, 6.07) is 3.36. The van der Waals surface area contributed by atoms with E-state index in [1.807, 2.05) is 6.20 Å². The van der Waals surface area contributed by atoms with Gasteiger partial charge < -0.3 is 4.57 Å². The van der Waals surface area contributed by atoms with E-state index in [2.05, 4.69) is 49.3 Å². The fourth-order valence-electron chi connectivity index (χ4n) is 1.49. The van der Waals surface area contributed by atoms with Gasteiger partial charge in [0.05, 0.1) is 0 Å². The lowest BCUT2D eigenvalue weighted by Crippen LogP contribution is -2.31. The summed E-state index contributed by atoms with van der Waals surface area (Å²) in [5, 5.41) is 0. The fourth-order valence-corrected chi connectivity index (χ4v) is 2.53. The second-order valence-electron chi connectivity index (χ2n) is 5.08. The highest BCUT2D eigenvalue weighted by Gasteiger charge is 2.23. The van der Waals surface area contributed by atoms with Gasteiger partial charge in [0.1, 0.15) is 0 Å². The lowest BCUT2D eigenvalue weighted by Gasteiger charge is -2.29. The van der Waals surface area contributed by atoms with E-state index in [0.29, 0.717) is 12.5 Å². The molecule has 0 aliphatic heterocycles. The molecule has 4 heteroatoms. The normalized spacial score (nSPS) is 13.8. The third kappa shape index (κ3) is 3.67. The number of hydrogen-bond acceptors (Lipinski definition) is 2. The minimum Gasteiger partial charge on any atom is -0.314 e. The summed E-state index contributed by atoms with van der Waals surface area (Å²) >= 11 is 7.75. The summed E-state index contributed by atoms with van der Waals surface area (Å²) in [6.45, 7) is 7.25. The maximum Gasteiger partial charge on any atom is 0.250 e. The first-order valence-electron chi connectivity index (χ1n) is 5.31. The Balaban J connectivity index is 2.95. The molecule has 0 amide bonds. The number of rotatable bonds is 3. The number of hydrogen-bond donors (Lipinski definition) is 1. The van der Waals surface area contributed by atoms with E-state index in [9.17, 15) is 4.79 Å². The molecule has 1 rings (SSSR count). The molecule has 0 aliphatic rings.